The van der Waals surface area contributed by atoms with E-state index in [0.29, 0.717) is 23.7 Å². The van der Waals surface area contributed by atoms with E-state index in [4.69, 9.17) is 16.3 Å². The second-order valence-electron chi connectivity index (χ2n) is 2.59. The fraction of sp³-hybridized carbons (Fsp3) is 0.111. The summed E-state index contributed by atoms with van der Waals surface area (Å²) >= 11 is 5.66. The summed E-state index contributed by atoms with van der Waals surface area (Å²) in [6.45, 7) is 0.300. The van der Waals surface area contributed by atoms with Gasteiger partial charge in [-0.25, -0.2) is 9.98 Å². The quantitative estimate of drug-likeness (QED) is 0.714. The molecule has 2 rings (SSSR count). The van der Waals surface area contributed by atoms with Crippen LogP contribution in [-0.4, -0.2) is 18.0 Å². The van der Waals surface area contributed by atoms with Gasteiger partial charge in [-0.05, 0) is 23.7 Å². The van der Waals surface area contributed by atoms with Gasteiger partial charge in [0, 0.05) is 0 Å². The highest BCUT2D eigenvalue weighted by Gasteiger charge is 2.07. The molecule has 0 radical (unpaired) electrons. The normalized spacial score (nSPS) is 15.2. The number of hydrogen-bond acceptors (Lipinski definition) is 4. The maximum Gasteiger partial charge on any atom is 0.298 e. The van der Waals surface area contributed by atoms with Crippen LogP contribution >= 0.6 is 11.6 Å². The van der Waals surface area contributed by atoms with Gasteiger partial charge in [-0.1, -0.05) is 18.2 Å². The van der Waals surface area contributed by atoms with E-state index in [1.54, 1.807) is 0 Å². The molecule has 1 aliphatic heterocycles. The first-order chi connectivity index (χ1) is 6.84. The third-order valence-corrected chi connectivity index (χ3v) is 1.81. The van der Waals surface area contributed by atoms with Gasteiger partial charge >= 0.3 is 0 Å². The van der Waals surface area contributed by atoms with Crippen molar-refractivity contribution in [3.63, 3.8) is 0 Å². The highest BCUT2D eigenvalue weighted by Crippen LogP contribution is 2.09. The van der Waals surface area contributed by atoms with Gasteiger partial charge in [-0.3, -0.25) is 5.32 Å². The number of hydrogen-bond donors (Lipinski definition) is 1. The summed E-state index contributed by atoms with van der Waals surface area (Å²) in [5, 5.41) is 3.01. The maximum atomic E-state index is 5.66. The third kappa shape index (κ3) is 2.23. The van der Waals surface area contributed by atoms with Gasteiger partial charge in [-0.2, -0.15) is 0 Å². The minimum absolute atomic E-state index is 0.297. The number of halogens is 1. The lowest BCUT2D eigenvalue weighted by molar-refractivity contribution is 0.526. The number of aliphatic imine (C=N–C) groups is 2. The van der Waals surface area contributed by atoms with Crippen LogP contribution in [0.1, 0.15) is 0 Å². The molecule has 4 nitrogen and oxygen atoms in total. The minimum Gasteiger partial charge on any atom is -0.426 e. The van der Waals surface area contributed by atoms with E-state index in [-0.39, 0.29) is 0 Å². The van der Waals surface area contributed by atoms with Crippen molar-refractivity contribution >= 4 is 22.9 Å². The molecule has 0 atom stereocenters. The summed E-state index contributed by atoms with van der Waals surface area (Å²) in [4.78, 5) is 7.81. The molecule has 0 spiro atoms. The minimum atomic E-state index is 0.297. The van der Waals surface area contributed by atoms with Crippen LogP contribution < -0.4 is 10.1 Å². The first kappa shape index (κ1) is 9.02. The molecule has 0 amide bonds. The van der Waals surface area contributed by atoms with Crippen LogP contribution in [0.5, 0.6) is 5.75 Å². The Bertz CT molecular complexity index is 375. The molecule has 0 aliphatic carbocycles. The zero-order valence-corrected chi connectivity index (χ0v) is 8.03. The molecule has 1 aliphatic rings. The Morgan fingerprint density at radius 1 is 1.21 bits per heavy atom. The van der Waals surface area contributed by atoms with Crippen LogP contribution in [0.3, 0.4) is 0 Å². The van der Waals surface area contributed by atoms with Crippen molar-refractivity contribution in [3.05, 3.63) is 30.3 Å². The number of amidine groups is 2. The Balaban J connectivity index is 2.02. The van der Waals surface area contributed by atoms with E-state index >= 15 is 0 Å². The molecule has 1 heterocycles. The number of benzene rings is 1. The molecule has 0 saturated heterocycles. The Morgan fingerprint density at radius 3 is 2.71 bits per heavy atom. The number of ether oxygens (including phenoxy) is 1. The molecule has 0 bridgehead atoms. The Kier molecular flexibility index (Phi) is 2.65. The van der Waals surface area contributed by atoms with E-state index < -0.39 is 0 Å². The van der Waals surface area contributed by atoms with E-state index in [0.717, 1.165) is 0 Å². The summed E-state index contributed by atoms with van der Waals surface area (Å²) < 4.78 is 5.40. The largest absolute Gasteiger partial charge is 0.426 e. The SMILES string of the molecule is ClC1=NCN=C(Oc2ccccc2)N1. The Hall–Kier alpha value is -1.55. The molecule has 1 N–H and O–H groups in total. The van der Waals surface area contributed by atoms with Gasteiger partial charge in [0.1, 0.15) is 12.4 Å². The topological polar surface area (TPSA) is 46.0 Å². The van der Waals surface area contributed by atoms with Gasteiger partial charge in [-0.15, -0.1) is 0 Å². The summed E-state index contributed by atoms with van der Waals surface area (Å²) in [6.07, 6.45) is 0. The van der Waals surface area contributed by atoms with Crippen molar-refractivity contribution in [1.82, 2.24) is 5.32 Å². The third-order valence-electron chi connectivity index (χ3n) is 1.59. The van der Waals surface area contributed by atoms with Gasteiger partial charge < -0.3 is 4.74 Å². The molecule has 5 heteroatoms. The highest BCUT2D eigenvalue weighted by atomic mass is 35.5. The highest BCUT2D eigenvalue weighted by molar-refractivity contribution is 6.66. The zero-order chi connectivity index (χ0) is 9.80. The van der Waals surface area contributed by atoms with Crippen LogP contribution in [0, 0.1) is 0 Å². The van der Waals surface area contributed by atoms with Crippen molar-refractivity contribution in [2.75, 3.05) is 6.67 Å². The molecule has 0 saturated carbocycles. The lowest BCUT2D eigenvalue weighted by Crippen LogP contribution is -2.34. The number of nitrogens with zero attached hydrogens (tertiary/aromatic N) is 2. The van der Waals surface area contributed by atoms with Crippen molar-refractivity contribution in [1.29, 1.82) is 0 Å². The van der Waals surface area contributed by atoms with Crippen LogP contribution in [0.4, 0.5) is 0 Å². The summed E-state index contributed by atoms with van der Waals surface area (Å²) in [5.41, 5.74) is 0. The summed E-state index contributed by atoms with van der Waals surface area (Å²) in [6, 6.07) is 9.73. The first-order valence-electron chi connectivity index (χ1n) is 4.09. The van der Waals surface area contributed by atoms with E-state index in [9.17, 15) is 0 Å². The van der Waals surface area contributed by atoms with Gasteiger partial charge in [0.15, 0.2) is 0 Å². The van der Waals surface area contributed by atoms with Gasteiger partial charge in [0.25, 0.3) is 6.02 Å². The van der Waals surface area contributed by atoms with E-state index in [2.05, 4.69) is 15.3 Å². The standard InChI is InChI=1S/C9H8ClN3O/c10-8-11-6-12-9(13-8)14-7-4-2-1-3-5-7/h1-5H,6H2,(H,11,12,13). The molecule has 14 heavy (non-hydrogen) atoms. The predicted octanol–water partition coefficient (Wildman–Crippen LogP) is 1.58. The van der Waals surface area contributed by atoms with Crippen molar-refractivity contribution < 1.29 is 4.74 Å². The van der Waals surface area contributed by atoms with Crippen molar-refractivity contribution in [2.24, 2.45) is 9.98 Å². The second kappa shape index (κ2) is 4.11. The maximum absolute atomic E-state index is 5.66. The second-order valence-corrected chi connectivity index (χ2v) is 2.95. The van der Waals surface area contributed by atoms with Crippen LogP contribution in [0.25, 0.3) is 0 Å². The van der Waals surface area contributed by atoms with Crippen molar-refractivity contribution in [3.8, 4) is 5.75 Å². The predicted molar refractivity (Wildman–Crippen MR) is 55.8 cm³/mol. The monoisotopic (exact) mass is 209 g/mol. The van der Waals surface area contributed by atoms with Crippen molar-refractivity contribution in [2.45, 2.75) is 0 Å². The van der Waals surface area contributed by atoms with Crippen LogP contribution in [0.15, 0.2) is 40.3 Å². The summed E-state index contributed by atoms with van der Waals surface area (Å²) in [5.74, 6) is 0.713. The van der Waals surface area contributed by atoms with Gasteiger partial charge in [0.05, 0.1) is 0 Å². The first-order valence-corrected chi connectivity index (χ1v) is 4.47. The average Bonchev–Trinajstić information content (AvgIpc) is 2.19. The zero-order valence-electron chi connectivity index (χ0n) is 7.27. The van der Waals surface area contributed by atoms with Gasteiger partial charge in [0.2, 0.25) is 5.29 Å². The molecule has 0 fully saturated rings. The van der Waals surface area contributed by atoms with E-state index in [1.807, 2.05) is 30.3 Å². The van der Waals surface area contributed by atoms with E-state index in [1.165, 1.54) is 0 Å². The summed E-state index contributed by atoms with van der Waals surface area (Å²) in [7, 11) is 0. The van der Waals surface area contributed by atoms with Crippen LogP contribution in [0.2, 0.25) is 0 Å². The molecule has 0 aromatic heterocycles. The fourth-order valence-corrected chi connectivity index (χ4v) is 1.12. The Morgan fingerprint density at radius 2 is 2.00 bits per heavy atom. The lowest BCUT2D eigenvalue weighted by atomic mass is 10.3. The number of nitrogens with one attached hydrogen (secondary N) is 1. The molecular weight excluding hydrogens is 202 g/mol. The molecular formula is C9H8ClN3O. The number of rotatable bonds is 1. The average molecular weight is 210 g/mol. The smallest absolute Gasteiger partial charge is 0.298 e. The fourth-order valence-electron chi connectivity index (χ4n) is 0.987. The Labute approximate surface area is 86.3 Å². The lowest BCUT2D eigenvalue weighted by Gasteiger charge is -2.12. The molecule has 72 valence electrons. The van der Waals surface area contributed by atoms with Crippen LogP contribution in [-0.2, 0) is 0 Å². The molecule has 1 aromatic carbocycles. The molecule has 1 aromatic rings. The number of para-hydroxylation sites is 1. The molecule has 0 unspecified atom stereocenters.